The van der Waals surface area contributed by atoms with Crippen LogP contribution >= 0.6 is 0 Å². The maximum absolute atomic E-state index is 11.9. The van der Waals surface area contributed by atoms with Gasteiger partial charge < -0.3 is 14.7 Å². The van der Waals surface area contributed by atoms with E-state index in [1.807, 2.05) is 27.8 Å². The topological polar surface area (TPSA) is 53.0 Å². The number of aliphatic hydroxyl groups is 1. The number of hydrogen-bond donors (Lipinski definition) is 1. The highest BCUT2D eigenvalue weighted by Crippen LogP contribution is 2.19. The van der Waals surface area contributed by atoms with Crippen LogP contribution in [0.1, 0.15) is 34.6 Å². The van der Waals surface area contributed by atoms with E-state index in [0.29, 0.717) is 19.1 Å². The van der Waals surface area contributed by atoms with Crippen molar-refractivity contribution >= 4 is 6.09 Å². The van der Waals surface area contributed by atoms with E-state index >= 15 is 0 Å². The molecule has 1 saturated heterocycles. The van der Waals surface area contributed by atoms with Crippen molar-refractivity contribution in [3.63, 3.8) is 0 Å². The molecule has 5 nitrogen and oxygen atoms in total. The van der Waals surface area contributed by atoms with Gasteiger partial charge in [-0.1, -0.05) is 0 Å². The van der Waals surface area contributed by atoms with Crippen molar-refractivity contribution in [2.24, 2.45) is 0 Å². The van der Waals surface area contributed by atoms with E-state index in [2.05, 4.69) is 18.7 Å². The van der Waals surface area contributed by atoms with Gasteiger partial charge in [-0.3, -0.25) is 4.90 Å². The average molecular weight is 258 g/mol. The van der Waals surface area contributed by atoms with E-state index in [9.17, 15) is 9.90 Å². The lowest BCUT2D eigenvalue weighted by atomic mass is 10.1. The zero-order chi connectivity index (χ0) is 14.1. The Morgan fingerprint density at radius 2 is 1.94 bits per heavy atom. The van der Waals surface area contributed by atoms with Crippen LogP contribution < -0.4 is 0 Å². The molecule has 2 atom stereocenters. The highest BCUT2D eigenvalue weighted by atomic mass is 16.6. The van der Waals surface area contributed by atoms with Gasteiger partial charge in [0.25, 0.3) is 0 Å². The molecule has 0 radical (unpaired) electrons. The second kappa shape index (κ2) is 5.45. The van der Waals surface area contributed by atoms with E-state index in [0.717, 1.165) is 0 Å². The van der Waals surface area contributed by atoms with Gasteiger partial charge in [0.2, 0.25) is 0 Å². The molecule has 106 valence electrons. The third-order valence-corrected chi connectivity index (χ3v) is 3.25. The first-order valence-electron chi connectivity index (χ1n) is 6.49. The lowest BCUT2D eigenvalue weighted by molar-refractivity contribution is 0.0269. The molecule has 0 aliphatic carbocycles. The van der Waals surface area contributed by atoms with Crippen molar-refractivity contribution in [1.29, 1.82) is 0 Å². The van der Waals surface area contributed by atoms with Gasteiger partial charge in [0.1, 0.15) is 5.60 Å². The highest BCUT2D eigenvalue weighted by Gasteiger charge is 2.38. The molecule has 0 bridgehead atoms. The van der Waals surface area contributed by atoms with Gasteiger partial charge >= 0.3 is 6.09 Å². The van der Waals surface area contributed by atoms with Gasteiger partial charge in [-0.25, -0.2) is 4.79 Å². The Hall–Kier alpha value is -0.810. The van der Waals surface area contributed by atoms with Gasteiger partial charge in [-0.15, -0.1) is 0 Å². The zero-order valence-electron chi connectivity index (χ0n) is 12.3. The fraction of sp³-hybridized carbons (Fsp3) is 0.923. The number of nitrogens with zero attached hydrogens (tertiary/aromatic N) is 2. The summed E-state index contributed by atoms with van der Waals surface area (Å²) < 4.78 is 5.32. The summed E-state index contributed by atoms with van der Waals surface area (Å²) in [6.07, 6.45) is -0.855. The highest BCUT2D eigenvalue weighted by molar-refractivity contribution is 5.68. The number of rotatable bonds is 2. The number of likely N-dealkylation sites (N-methyl/N-ethyl adjacent to an activating group) is 1. The van der Waals surface area contributed by atoms with Crippen molar-refractivity contribution in [3.05, 3.63) is 0 Å². The van der Waals surface area contributed by atoms with Gasteiger partial charge in [0.05, 0.1) is 18.7 Å². The number of likely N-dealkylation sites (tertiary alicyclic amines) is 1. The van der Waals surface area contributed by atoms with Crippen LogP contribution in [0.15, 0.2) is 0 Å². The molecule has 1 rings (SSSR count). The molecule has 0 saturated carbocycles. The van der Waals surface area contributed by atoms with E-state index < -0.39 is 11.7 Å². The normalized spacial score (nSPS) is 25.1. The monoisotopic (exact) mass is 258 g/mol. The number of carbonyl (C=O) groups is 1. The summed E-state index contributed by atoms with van der Waals surface area (Å²) in [5.41, 5.74) is -0.496. The Labute approximate surface area is 110 Å². The van der Waals surface area contributed by atoms with E-state index in [-0.39, 0.29) is 12.1 Å². The Bertz CT molecular complexity index is 299. The van der Waals surface area contributed by atoms with E-state index in [1.54, 1.807) is 4.90 Å². The minimum atomic E-state index is -0.509. The molecule has 1 N–H and O–H groups in total. The number of ether oxygens (including phenoxy) is 1. The first-order valence-corrected chi connectivity index (χ1v) is 6.49. The molecular formula is C13H26N2O3. The third-order valence-electron chi connectivity index (χ3n) is 3.25. The van der Waals surface area contributed by atoms with E-state index in [4.69, 9.17) is 4.74 Å². The number of aliphatic hydroxyl groups excluding tert-OH is 1. The van der Waals surface area contributed by atoms with Gasteiger partial charge in [0, 0.05) is 12.6 Å². The van der Waals surface area contributed by atoms with Crippen molar-refractivity contribution in [2.45, 2.75) is 58.4 Å². The predicted molar refractivity (Wildman–Crippen MR) is 70.5 cm³/mol. The van der Waals surface area contributed by atoms with Crippen LogP contribution in [-0.2, 0) is 4.74 Å². The van der Waals surface area contributed by atoms with Crippen LogP contribution in [0.25, 0.3) is 0 Å². The molecule has 1 fully saturated rings. The van der Waals surface area contributed by atoms with Crippen LogP contribution in [0, 0.1) is 0 Å². The third kappa shape index (κ3) is 3.85. The van der Waals surface area contributed by atoms with Crippen LogP contribution in [-0.4, -0.2) is 64.9 Å². The fourth-order valence-corrected chi connectivity index (χ4v) is 2.03. The average Bonchev–Trinajstić information content (AvgIpc) is 2.56. The van der Waals surface area contributed by atoms with Crippen LogP contribution in [0.4, 0.5) is 4.79 Å². The second-order valence-electron chi connectivity index (χ2n) is 6.28. The number of carbonyl (C=O) groups excluding carboxylic acids is 1. The molecule has 0 spiro atoms. The Morgan fingerprint density at radius 1 is 1.39 bits per heavy atom. The number of amides is 1. The largest absolute Gasteiger partial charge is 0.444 e. The second-order valence-corrected chi connectivity index (χ2v) is 6.28. The van der Waals surface area contributed by atoms with Gasteiger partial charge in [0.15, 0.2) is 0 Å². The molecule has 5 heteroatoms. The molecule has 1 aliphatic rings. The molecule has 0 unspecified atom stereocenters. The minimum absolute atomic E-state index is 0.0162. The Morgan fingerprint density at radius 3 is 2.39 bits per heavy atom. The molecule has 1 aliphatic heterocycles. The maximum atomic E-state index is 11.9. The van der Waals surface area contributed by atoms with Crippen molar-refractivity contribution in [1.82, 2.24) is 9.80 Å². The smallest absolute Gasteiger partial charge is 0.410 e. The molecule has 0 aromatic rings. The van der Waals surface area contributed by atoms with E-state index in [1.165, 1.54) is 0 Å². The first-order chi connectivity index (χ1) is 8.11. The van der Waals surface area contributed by atoms with Crippen LogP contribution in [0.3, 0.4) is 0 Å². The fourth-order valence-electron chi connectivity index (χ4n) is 2.03. The lowest BCUT2D eigenvalue weighted by Gasteiger charge is -2.30. The standard InChI is InChI=1S/C13H26N2O3/c1-9(2)14(6)10-7-15(8-11(10)16)12(17)18-13(3,4)5/h9-11,16H,7-8H2,1-6H3/t10-,11+/m1/s1. The molecule has 0 aromatic heterocycles. The summed E-state index contributed by atoms with van der Waals surface area (Å²) in [7, 11) is 1.97. The zero-order valence-corrected chi connectivity index (χ0v) is 12.3. The summed E-state index contributed by atoms with van der Waals surface area (Å²) in [6.45, 7) is 10.5. The number of hydrogen-bond acceptors (Lipinski definition) is 4. The summed E-state index contributed by atoms with van der Waals surface area (Å²) in [5, 5.41) is 10.0. The molecular weight excluding hydrogens is 232 g/mol. The molecule has 18 heavy (non-hydrogen) atoms. The summed E-state index contributed by atoms with van der Waals surface area (Å²) in [4.78, 5) is 15.6. The molecule has 1 amide bonds. The van der Waals surface area contributed by atoms with Crippen molar-refractivity contribution in [2.75, 3.05) is 20.1 Å². The number of β-amino-alcohol motifs (C(OH)–C–C–N with tert-alkyl or cyclic N) is 1. The summed E-state index contributed by atoms with van der Waals surface area (Å²) in [5.74, 6) is 0. The van der Waals surface area contributed by atoms with Crippen molar-refractivity contribution < 1.29 is 14.6 Å². The quantitative estimate of drug-likeness (QED) is 0.811. The van der Waals surface area contributed by atoms with Crippen LogP contribution in [0.5, 0.6) is 0 Å². The van der Waals surface area contributed by atoms with Gasteiger partial charge in [-0.2, -0.15) is 0 Å². The molecule has 1 heterocycles. The SMILES string of the molecule is CC(C)N(C)[C@@H]1CN(C(=O)OC(C)(C)C)C[C@@H]1O. The van der Waals surface area contributed by atoms with Crippen LogP contribution in [0.2, 0.25) is 0 Å². The summed E-state index contributed by atoms with van der Waals surface area (Å²) in [6, 6.07) is 0.320. The van der Waals surface area contributed by atoms with Crippen molar-refractivity contribution in [3.8, 4) is 0 Å². The first kappa shape index (κ1) is 15.2. The Balaban J connectivity index is 2.61. The summed E-state index contributed by atoms with van der Waals surface area (Å²) >= 11 is 0. The Kier molecular flexibility index (Phi) is 4.61. The maximum Gasteiger partial charge on any atom is 0.410 e. The molecule has 0 aromatic carbocycles. The van der Waals surface area contributed by atoms with Gasteiger partial charge in [-0.05, 0) is 41.7 Å². The predicted octanol–water partition coefficient (Wildman–Crippen LogP) is 1.31. The lowest BCUT2D eigenvalue weighted by Crippen LogP contribution is -2.44. The minimum Gasteiger partial charge on any atom is -0.444 e.